The summed E-state index contributed by atoms with van der Waals surface area (Å²) < 4.78 is 10.0. The molecule has 0 bridgehead atoms. The summed E-state index contributed by atoms with van der Waals surface area (Å²) >= 11 is 0. The Morgan fingerprint density at radius 2 is 1.96 bits per heavy atom. The van der Waals surface area contributed by atoms with E-state index in [9.17, 15) is 4.79 Å². The third kappa shape index (κ3) is 2.34. The second kappa shape index (κ2) is 5.42. The third-order valence-electron chi connectivity index (χ3n) is 4.23. The van der Waals surface area contributed by atoms with Gasteiger partial charge in [-0.15, -0.1) is 0 Å². The van der Waals surface area contributed by atoms with Gasteiger partial charge in [-0.1, -0.05) is 12.1 Å². The zero-order valence-electron chi connectivity index (χ0n) is 12.6. The second-order valence-corrected chi connectivity index (χ2v) is 5.61. The predicted molar refractivity (Wildman–Crippen MR) is 83.2 cm³/mol. The third-order valence-corrected chi connectivity index (χ3v) is 4.23. The van der Waals surface area contributed by atoms with Gasteiger partial charge in [0.25, 0.3) is 0 Å². The number of rotatable bonds is 2. The normalized spacial score (nSPS) is 20.0. The fourth-order valence-corrected chi connectivity index (χ4v) is 3.09. The number of allylic oxidation sites excluding steroid dienone is 1. The number of benzene rings is 1. The van der Waals surface area contributed by atoms with Gasteiger partial charge in [0.1, 0.15) is 5.75 Å². The smallest absolute Gasteiger partial charge is 0.219 e. The van der Waals surface area contributed by atoms with Gasteiger partial charge in [-0.2, -0.15) is 0 Å². The number of fused-ring (bicyclic) bond motifs is 1. The minimum absolute atomic E-state index is 0.147. The lowest BCUT2D eigenvalue weighted by molar-refractivity contribution is -0.116. The van der Waals surface area contributed by atoms with Crippen LogP contribution in [0.3, 0.4) is 0 Å². The van der Waals surface area contributed by atoms with E-state index >= 15 is 0 Å². The lowest BCUT2D eigenvalue weighted by Crippen LogP contribution is -2.23. The molecule has 7 nitrogen and oxygen atoms in total. The molecule has 0 unspecified atom stereocenters. The average molecular weight is 312 g/mol. The summed E-state index contributed by atoms with van der Waals surface area (Å²) in [4.78, 5) is 12.5. The van der Waals surface area contributed by atoms with Gasteiger partial charge < -0.3 is 15.4 Å². The van der Waals surface area contributed by atoms with Crippen LogP contribution in [0.1, 0.15) is 30.9 Å². The summed E-state index contributed by atoms with van der Waals surface area (Å²) in [5.74, 6) is 1.94. The quantitative estimate of drug-likeness (QED) is 0.881. The number of ketones is 1. The first kappa shape index (κ1) is 13.8. The number of Topliss-reactive ketones (excluding diaryl/α,β-unsaturated/α-hetero) is 1. The maximum Gasteiger partial charge on any atom is 0.219 e. The van der Waals surface area contributed by atoms with Crippen LogP contribution in [0, 0.1) is 0 Å². The molecule has 0 radical (unpaired) electrons. The first-order valence-electron chi connectivity index (χ1n) is 7.52. The molecule has 0 saturated carbocycles. The van der Waals surface area contributed by atoms with E-state index in [2.05, 4.69) is 20.9 Å². The molecule has 2 aliphatic rings. The minimum Gasteiger partial charge on any atom is -0.497 e. The maximum absolute atomic E-state index is 12.5. The Bertz CT molecular complexity index is 779. The van der Waals surface area contributed by atoms with Crippen molar-refractivity contribution in [2.45, 2.75) is 25.3 Å². The molecule has 2 heterocycles. The molecular weight excluding hydrogens is 296 g/mol. The summed E-state index contributed by atoms with van der Waals surface area (Å²) in [5.41, 5.74) is 2.61. The van der Waals surface area contributed by atoms with Crippen molar-refractivity contribution in [3.63, 3.8) is 0 Å². The molecule has 0 fully saturated rings. The van der Waals surface area contributed by atoms with Crippen molar-refractivity contribution in [2.24, 2.45) is 0 Å². The highest BCUT2D eigenvalue weighted by Gasteiger charge is 2.33. The molecule has 2 N–H and O–H groups in total. The summed E-state index contributed by atoms with van der Waals surface area (Å²) in [6, 6.07) is 7.36. The number of hydrogen-bond donors (Lipinski definition) is 2. The van der Waals surface area contributed by atoms with Gasteiger partial charge in [0, 0.05) is 17.7 Å². The van der Waals surface area contributed by atoms with Gasteiger partial charge in [-0.25, -0.2) is 4.63 Å². The maximum atomic E-state index is 12.5. The molecule has 1 aromatic carbocycles. The van der Waals surface area contributed by atoms with Crippen LogP contribution in [0.2, 0.25) is 0 Å². The van der Waals surface area contributed by atoms with Crippen molar-refractivity contribution in [3.8, 4) is 5.75 Å². The number of hydrogen-bond acceptors (Lipinski definition) is 7. The van der Waals surface area contributed by atoms with Gasteiger partial charge in [-0.05, 0) is 40.9 Å². The summed E-state index contributed by atoms with van der Waals surface area (Å²) in [7, 11) is 1.63. The van der Waals surface area contributed by atoms with Gasteiger partial charge in [0.2, 0.25) is 11.6 Å². The highest BCUT2D eigenvalue weighted by molar-refractivity contribution is 6.00. The van der Waals surface area contributed by atoms with Crippen LogP contribution >= 0.6 is 0 Å². The highest BCUT2D eigenvalue weighted by atomic mass is 16.6. The lowest BCUT2D eigenvalue weighted by Gasteiger charge is -2.25. The molecular formula is C16H16N4O3. The molecule has 23 heavy (non-hydrogen) atoms. The molecule has 1 aliphatic carbocycles. The van der Waals surface area contributed by atoms with Crippen molar-refractivity contribution in [2.75, 3.05) is 17.7 Å². The Labute approximate surface area is 132 Å². The van der Waals surface area contributed by atoms with E-state index in [0.29, 0.717) is 18.1 Å². The van der Waals surface area contributed by atoms with Crippen LogP contribution in [0.4, 0.5) is 11.6 Å². The van der Waals surface area contributed by atoms with Gasteiger partial charge in [-0.3, -0.25) is 4.79 Å². The van der Waals surface area contributed by atoms with Crippen LogP contribution < -0.4 is 15.4 Å². The zero-order chi connectivity index (χ0) is 15.8. The number of anilines is 2. The van der Waals surface area contributed by atoms with Crippen molar-refractivity contribution >= 4 is 17.4 Å². The van der Waals surface area contributed by atoms with E-state index in [1.807, 2.05) is 24.3 Å². The standard InChI is InChI=1S/C16H16N4O3/c1-22-10-7-5-9(6-8-10)14-13-11(3-2-4-12(13)21)17-15-16(18-14)20-23-19-15/h5-8,14H,2-4H2,1H3,(H,17,19)(H,18,20)/t14-/m1/s1. The average Bonchev–Trinajstić information content (AvgIpc) is 2.94. The fourth-order valence-electron chi connectivity index (χ4n) is 3.09. The van der Waals surface area contributed by atoms with Crippen LogP contribution in [0.15, 0.2) is 40.2 Å². The van der Waals surface area contributed by atoms with Gasteiger partial charge in [0.15, 0.2) is 5.78 Å². The van der Waals surface area contributed by atoms with Crippen LogP contribution in [0.5, 0.6) is 5.75 Å². The van der Waals surface area contributed by atoms with Crippen LogP contribution in [-0.4, -0.2) is 23.2 Å². The number of carbonyl (C=O) groups excluding carboxylic acids is 1. The molecule has 1 aromatic heterocycles. The first-order chi connectivity index (χ1) is 11.3. The van der Waals surface area contributed by atoms with Gasteiger partial charge >= 0.3 is 0 Å². The van der Waals surface area contributed by atoms with Crippen molar-refractivity contribution in [3.05, 3.63) is 41.1 Å². The molecule has 1 aliphatic heterocycles. The number of nitrogens with one attached hydrogen (secondary N) is 2. The predicted octanol–water partition coefficient (Wildman–Crippen LogP) is 2.66. The van der Waals surface area contributed by atoms with Gasteiger partial charge in [0.05, 0.1) is 13.2 Å². The van der Waals surface area contributed by atoms with E-state index in [-0.39, 0.29) is 11.8 Å². The molecule has 2 aromatic rings. The Morgan fingerprint density at radius 1 is 1.17 bits per heavy atom. The Balaban J connectivity index is 1.82. The SMILES string of the molecule is COc1ccc([C@H]2Nc3nonc3NC3=C2C(=O)CCC3)cc1. The molecule has 1 atom stereocenters. The zero-order valence-corrected chi connectivity index (χ0v) is 12.6. The van der Waals surface area contributed by atoms with Crippen LogP contribution in [0.25, 0.3) is 0 Å². The van der Waals surface area contributed by atoms with E-state index in [0.717, 1.165) is 35.4 Å². The first-order valence-corrected chi connectivity index (χ1v) is 7.52. The largest absolute Gasteiger partial charge is 0.497 e. The Kier molecular flexibility index (Phi) is 3.25. The van der Waals surface area contributed by atoms with E-state index in [1.165, 1.54) is 0 Å². The molecule has 0 saturated heterocycles. The topological polar surface area (TPSA) is 89.3 Å². The molecule has 118 valence electrons. The number of carbonyl (C=O) groups is 1. The Hall–Kier alpha value is -2.83. The molecule has 7 heteroatoms. The highest BCUT2D eigenvalue weighted by Crippen LogP contribution is 2.39. The monoisotopic (exact) mass is 312 g/mol. The number of methoxy groups -OCH3 is 1. The number of nitrogens with zero attached hydrogens (tertiary/aromatic N) is 2. The van der Waals surface area contributed by atoms with Crippen LogP contribution in [-0.2, 0) is 4.79 Å². The number of ether oxygens (including phenoxy) is 1. The van der Waals surface area contributed by atoms with Crippen molar-refractivity contribution in [1.29, 1.82) is 0 Å². The Morgan fingerprint density at radius 3 is 2.74 bits per heavy atom. The minimum atomic E-state index is -0.288. The summed E-state index contributed by atoms with van der Waals surface area (Å²) in [6.07, 6.45) is 2.20. The second-order valence-electron chi connectivity index (χ2n) is 5.61. The summed E-state index contributed by atoms with van der Waals surface area (Å²) in [6.45, 7) is 0. The van der Waals surface area contributed by atoms with E-state index in [4.69, 9.17) is 9.37 Å². The van der Waals surface area contributed by atoms with Crippen molar-refractivity contribution in [1.82, 2.24) is 10.3 Å². The molecule has 0 amide bonds. The van der Waals surface area contributed by atoms with E-state index in [1.54, 1.807) is 7.11 Å². The molecule has 4 rings (SSSR count). The summed E-state index contributed by atoms with van der Waals surface area (Å²) in [5, 5.41) is 14.2. The lowest BCUT2D eigenvalue weighted by atomic mass is 9.87. The molecule has 0 spiro atoms. The fraction of sp³-hybridized carbons (Fsp3) is 0.312. The van der Waals surface area contributed by atoms with Crippen molar-refractivity contribution < 1.29 is 14.2 Å². The van der Waals surface area contributed by atoms with E-state index < -0.39 is 0 Å². The number of aromatic nitrogens is 2.